The van der Waals surface area contributed by atoms with Crippen molar-refractivity contribution in [2.75, 3.05) is 13.1 Å². The number of hydrogen-bond acceptors (Lipinski definition) is 1. The van der Waals surface area contributed by atoms with Crippen molar-refractivity contribution in [3.8, 4) is 0 Å². The molecule has 0 aliphatic rings. The molecule has 0 radical (unpaired) electrons. The normalized spacial score (nSPS) is 12.1. The van der Waals surface area contributed by atoms with E-state index in [-0.39, 0.29) is 24.9 Å². The van der Waals surface area contributed by atoms with E-state index in [2.05, 4.69) is 5.32 Å². The molecule has 0 aliphatic carbocycles. The summed E-state index contributed by atoms with van der Waals surface area (Å²) in [6, 6.07) is 4.44. The topological polar surface area (TPSA) is 32.3 Å². The smallest absolute Gasteiger partial charge is 0.317 e. The Morgan fingerprint density at radius 3 is 2.75 bits per heavy atom. The Morgan fingerprint density at radius 1 is 1.45 bits per heavy atom. The van der Waals surface area contributed by atoms with E-state index in [1.165, 1.54) is 17.9 Å². The van der Waals surface area contributed by atoms with Gasteiger partial charge in [-0.05, 0) is 37.5 Å². The fraction of sp³-hybridized carbons (Fsp3) is 0.533. The second kappa shape index (κ2) is 7.82. The molecule has 0 saturated heterocycles. The third-order valence-electron chi connectivity index (χ3n) is 3.06. The Balaban J connectivity index is 2.62. The number of nitrogens with one attached hydrogen (secondary N) is 1. The van der Waals surface area contributed by atoms with E-state index in [0.717, 1.165) is 12.0 Å². The van der Waals surface area contributed by atoms with Gasteiger partial charge in [-0.15, -0.1) is 0 Å². The molecule has 0 fully saturated rings. The summed E-state index contributed by atoms with van der Waals surface area (Å²) in [6.07, 6.45) is -0.303. The molecule has 3 nitrogen and oxygen atoms in total. The summed E-state index contributed by atoms with van der Waals surface area (Å²) in [4.78, 5) is 13.4. The van der Waals surface area contributed by atoms with Gasteiger partial charge in [-0.2, -0.15) is 0 Å². The Hall–Kier alpha value is -1.65. The summed E-state index contributed by atoms with van der Waals surface area (Å²) in [5, 5.41) is 2.71. The minimum atomic E-state index is -1.07. The Morgan fingerprint density at radius 2 is 2.15 bits per heavy atom. The summed E-state index contributed by atoms with van der Waals surface area (Å²) in [6.45, 7) is 5.84. The predicted molar refractivity (Wildman–Crippen MR) is 75.8 cm³/mol. The van der Waals surface area contributed by atoms with E-state index in [1.807, 2.05) is 6.92 Å². The SMILES string of the molecule is CCCN(CC(C)F)C(=O)NCc1cccc(F)c1C. The van der Waals surface area contributed by atoms with Gasteiger partial charge in [-0.25, -0.2) is 13.6 Å². The lowest BCUT2D eigenvalue weighted by atomic mass is 10.1. The maximum Gasteiger partial charge on any atom is 0.317 e. The van der Waals surface area contributed by atoms with Crippen LogP contribution in [-0.2, 0) is 6.54 Å². The molecule has 0 aliphatic heterocycles. The van der Waals surface area contributed by atoms with Gasteiger partial charge in [-0.1, -0.05) is 19.1 Å². The van der Waals surface area contributed by atoms with Gasteiger partial charge in [-0.3, -0.25) is 0 Å². The molecular formula is C15H22F2N2O. The summed E-state index contributed by atoms with van der Waals surface area (Å²) in [5.41, 5.74) is 1.25. The van der Waals surface area contributed by atoms with Crippen LogP contribution in [0.25, 0.3) is 0 Å². The summed E-state index contributed by atoms with van der Waals surface area (Å²) in [7, 11) is 0. The van der Waals surface area contributed by atoms with Crippen molar-refractivity contribution in [3.63, 3.8) is 0 Å². The molecule has 0 spiro atoms. The van der Waals surface area contributed by atoms with Crippen LogP contribution in [0.3, 0.4) is 0 Å². The zero-order valence-corrected chi connectivity index (χ0v) is 12.2. The molecule has 1 unspecified atom stereocenters. The molecule has 1 aromatic rings. The van der Waals surface area contributed by atoms with Gasteiger partial charge in [0.25, 0.3) is 0 Å². The number of rotatable bonds is 6. The number of benzene rings is 1. The Labute approximate surface area is 119 Å². The lowest BCUT2D eigenvalue weighted by Gasteiger charge is -2.23. The van der Waals surface area contributed by atoms with Crippen LogP contribution in [0.1, 0.15) is 31.4 Å². The standard InChI is InChI=1S/C15H22F2N2O/c1-4-8-19(10-11(2)16)15(20)18-9-13-6-5-7-14(17)12(13)3/h5-7,11H,4,8-10H2,1-3H3,(H,18,20). The van der Waals surface area contributed by atoms with Crippen molar-refractivity contribution in [1.29, 1.82) is 0 Å². The molecule has 20 heavy (non-hydrogen) atoms. The highest BCUT2D eigenvalue weighted by molar-refractivity contribution is 5.74. The molecular weight excluding hydrogens is 262 g/mol. The molecule has 112 valence electrons. The zero-order valence-electron chi connectivity index (χ0n) is 12.2. The average molecular weight is 284 g/mol. The molecule has 1 N–H and O–H groups in total. The lowest BCUT2D eigenvalue weighted by molar-refractivity contribution is 0.178. The van der Waals surface area contributed by atoms with Crippen LogP contribution >= 0.6 is 0 Å². The molecule has 1 aromatic carbocycles. The van der Waals surface area contributed by atoms with E-state index in [0.29, 0.717) is 12.1 Å². The van der Waals surface area contributed by atoms with Crippen molar-refractivity contribution in [1.82, 2.24) is 10.2 Å². The van der Waals surface area contributed by atoms with Gasteiger partial charge in [0.2, 0.25) is 0 Å². The minimum absolute atomic E-state index is 0.0712. The third-order valence-corrected chi connectivity index (χ3v) is 3.06. The van der Waals surface area contributed by atoms with Crippen molar-refractivity contribution in [2.24, 2.45) is 0 Å². The van der Waals surface area contributed by atoms with E-state index in [1.54, 1.807) is 19.1 Å². The third kappa shape index (κ3) is 4.79. The van der Waals surface area contributed by atoms with Crippen molar-refractivity contribution in [3.05, 3.63) is 35.1 Å². The maximum absolute atomic E-state index is 13.4. The van der Waals surface area contributed by atoms with Crippen molar-refractivity contribution in [2.45, 2.75) is 39.9 Å². The summed E-state index contributed by atoms with van der Waals surface area (Å²) >= 11 is 0. The minimum Gasteiger partial charge on any atom is -0.334 e. The highest BCUT2D eigenvalue weighted by Crippen LogP contribution is 2.11. The second-order valence-electron chi connectivity index (χ2n) is 4.91. The number of halogens is 2. The monoisotopic (exact) mass is 284 g/mol. The fourth-order valence-electron chi connectivity index (χ4n) is 1.98. The van der Waals surface area contributed by atoms with E-state index < -0.39 is 6.17 Å². The molecule has 1 atom stereocenters. The number of nitrogens with zero attached hydrogens (tertiary/aromatic N) is 1. The fourth-order valence-corrected chi connectivity index (χ4v) is 1.98. The Bertz CT molecular complexity index is 449. The van der Waals surface area contributed by atoms with E-state index in [4.69, 9.17) is 0 Å². The van der Waals surface area contributed by atoms with Crippen LogP contribution in [0.2, 0.25) is 0 Å². The van der Waals surface area contributed by atoms with Gasteiger partial charge < -0.3 is 10.2 Å². The first-order valence-electron chi connectivity index (χ1n) is 6.86. The highest BCUT2D eigenvalue weighted by atomic mass is 19.1. The lowest BCUT2D eigenvalue weighted by Crippen LogP contribution is -2.42. The maximum atomic E-state index is 13.4. The van der Waals surface area contributed by atoms with Gasteiger partial charge in [0.1, 0.15) is 12.0 Å². The average Bonchev–Trinajstić information content (AvgIpc) is 2.39. The van der Waals surface area contributed by atoms with Gasteiger partial charge in [0.15, 0.2) is 0 Å². The van der Waals surface area contributed by atoms with E-state index >= 15 is 0 Å². The summed E-state index contributed by atoms with van der Waals surface area (Å²) < 4.78 is 26.4. The number of hydrogen-bond donors (Lipinski definition) is 1. The number of amides is 2. The number of carbonyl (C=O) groups is 1. The van der Waals surface area contributed by atoms with Crippen molar-refractivity contribution >= 4 is 6.03 Å². The molecule has 0 aromatic heterocycles. The first kappa shape index (κ1) is 16.4. The molecule has 0 bridgehead atoms. The van der Waals surface area contributed by atoms with E-state index in [9.17, 15) is 13.6 Å². The number of urea groups is 1. The largest absolute Gasteiger partial charge is 0.334 e. The summed E-state index contributed by atoms with van der Waals surface area (Å²) in [5.74, 6) is -0.292. The van der Waals surface area contributed by atoms with Gasteiger partial charge in [0.05, 0.1) is 6.54 Å². The molecule has 1 rings (SSSR count). The van der Waals surface area contributed by atoms with Gasteiger partial charge in [0, 0.05) is 13.1 Å². The van der Waals surface area contributed by atoms with Crippen LogP contribution < -0.4 is 5.32 Å². The highest BCUT2D eigenvalue weighted by Gasteiger charge is 2.15. The van der Waals surface area contributed by atoms with Crippen LogP contribution in [0.15, 0.2) is 18.2 Å². The van der Waals surface area contributed by atoms with Crippen LogP contribution in [0, 0.1) is 12.7 Å². The molecule has 5 heteroatoms. The number of carbonyl (C=O) groups excluding carboxylic acids is 1. The molecule has 2 amide bonds. The Kier molecular flexibility index (Phi) is 6.42. The zero-order chi connectivity index (χ0) is 15.1. The number of alkyl halides is 1. The van der Waals surface area contributed by atoms with Crippen LogP contribution in [0.5, 0.6) is 0 Å². The molecule has 0 saturated carbocycles. The van der Waals surface area contributed by atoms with Crippen LogP contribution in [0.4, 0.5) is 13.6 Å². The second-order valence-corrected chi connectivity index (χ2v) is 4.91. The first-order valence-corrected chi connectivity index (χ1v) is 6.86. The van der Waals surface area contributed by atoms with Gasteiger partial charge >= 0.3 is 6.03 Å². The quantitative estimate of drug-likeness (QED) is 0.853. The van der Waals surface area contributed by atoms with Crippen LogP contribution in [-0.4, -0.2) is 30.2 Å². The predicted octanol–water partition coefficient (Wildman–Crippen LogP) is 3.41. The first-order chi connectivity index (χ1) is 9.45. The molecule has 0 heterocycles. The van der Waals surface area contributed by atoms with Crippen molar-refractivity contribution < 1.29 is 13.6 Å².